The smallest absolute Gasteiger partial charge is 0.192 e. The summed E-state index contributed by atoms with van der Waals surface area (Å²) in [4.78, 5) is 0. The monoisotopic (exact) mass is 168 g/mol. The van der Waals surface area contributed by atoms with E-state index in [1.807, 2.05) is 13.8 Å². The third-order valence-electron chi connectivity index (χ3n) is 0.920. The fourth-order valence-electron chi connectivity index (χ4n) is 0.356. The largest absolute Gasteiger partial charge is 0.324 e. The normalized spacial score (nSPS) is 15.6. The second-order valence-corrected chi connectivity index (χ2v) is 5.18. The van der Waals surface area contributed by atoms with Crippen LogP contribution >= 0.6 is 6.57 Å². The van der Waals surface area contributed by atoms with Crippen LogP contribution in [0.25, 0.3) is 0 Å². The average molecular weight is 168 g/mol. The minimum atomic E-state index is -2.41. The van der Waals surface area contributed by atoms with Gasteiger partial charge in [0.2, 0.25) is 0 Å². The van der Waals surface area contributed by atoms with Crippen LogP contribution in [0, 0.1) is 0 Å². The van der Waals surface area contributed by atoms with E-state index in [1.165, 1.54) is 0 Å². The van der Waals surface area contributed by atoms with Crippen molar-refractivity contribution in [1.82, 2.24) is 0 Å². The molecule has 0 heterocycles. The quantitative estimate of drug-likeness (QED) is 0.616. The summed E-state index contributed by atoms with van der Waals surface area (Å²) in [5.41, 5.74) is 10.6. The molecule has 0 rings (SSSR count). The van der Waals surface area contributed by atoms with Crippen LogP contribution in [-0.2, 0) is 16.3 Å². The Bertz CT molecular complexity index is 124. The highest BCUT2D eigenvalue weighted by Crippen LogP contribution is 2.29. The summed E-state index contributed by atoms with van der Waals surface area (Å²) in [6.07, 6.45) is 0.984. The Kier molecular flexibility index (Phi) is 3.85. The Morgan fingerprint density at radius 3 is 2.22 bits per heavy atom. The molecular formula is C4H13N2OPS. The summed E-state index contributed by atoms with van der Waals surface area (Å²) in [6.45, 7) is 1.49. The van der Waals surface area contributed by atoms with Gasteiger partial charge in [-0.3, -0.25) is 11.0 Å². The zero-order valence-electron chi connectivity index (χ0n) is 5.70. The van der Waals surface area contributed by atoms with Gasteiger partial charge in [-0.15, -0.1) is 0 Å². The Hall–Kier alpha value is 0.530. The predicted octanol–water partition coefficient (Wildman–Crippen LogP) is 0.943. The van der Waals surface area contributed by atoms with Gasteiger partial charge in [0.25, 0.3) is 0 Å². The van der Waals surface area contributed by atoms with Gasteiger partial charge in [0, 0.05) is 0 Å². The molecule has 0 fully saturated rings. The van der Waals surface area contributed by atoms with E-state index in [4.69, 9.17) is 15.5 Å². The Balaban J connectivity index is 3.60. The maximum atomic E-state index is 5.29. The first-order valence-corrected chi connectivity index (χ1v) is 5.67. The predicted molar refractivity (Wildman–Crippen MR) is 43.5 cm³/mol. The lowest BCUT2D eigenvalue weighted by atomic mass is 10.3. The van der Waals surface area contributed by atoms with E-state index in [0.29, 0.717) is 0 Å². The fraction of sp³-hybridized carbons (Fsp3) is 1.00. The molecule has 0 aliphatic rings. The summed E-state index contributed by atoms with van der Waals surface area (Å²) in [6, 6.07) is 0. The first-order valence-electron chi connectivity index (χ1n) is 2.81. The number of hydrogen-bond donors (Lipinski definition) is 2. The summed E-state index contributed by atoms with van der Waals surface area (Å²) < 4.78 is 5.07. The molecule has 0 aromatic carbocycles. The molecule has 0 aromatic heterocycles. The lowest BCUT2D eigenvalue weighted by Crippen LogP contribution is -2.14. The van der Waals surface area contributed by atoms with E-state index in [0.717, 1.165) is 6.42 Å². The highest BCUT2D eigenvalue weighted by Gasteiger charge is 2.07. The van der Waals surface area contributed by atoms with E-state index in [9.17, 15) is 0 Å². The summed E-state index contributed by atoms with van der Waals surface area (Å²) in [5, 5.41) is 0. The number of nitrogens with two attached hydrogens (primary N) is 2. The first-order chi connectivity index (χ1) is 3.95. The third-order valence-corrected chi connectivity index (χ3v) is 1.87. The number of rotatable bonds is 3. The minimum absolute atomic E-state index is 0.0887. The molecular weight excluding hydrogens is 155 g/mol. The molecule has 5 heteroatoms. The van der Waals surface area contributed by atoms with Crippen molar-refractivity contribution < 1.29 is 4.52 Å². The molecule has 0 aliphatic heterocycles. The van der Waals surface area contributed by atoms with Crippen molar-refractivity contribution in [2.24, 2.45) is 11.0 Å². The van der Waals surface area contributed by atoms with Gasteiger partial charge in [-0.25, -0.2) is 0 Å². The van der Waals surface area contributed by atoms with Gasteiger partial charge in [-0.2, -0.15) is 0 Å². The molecule has 0 saturated carbocycles. The Morgan fingerprint density at radius 2 is 2.11 bits per heavy atom. The Labute approximate surface area is 60.9 Å². The van der Waals surface area contributed by atoms with Crippen LogP contribution in [0.4, 0.5) is 0 Å². The molecule has 3 nitrogen and oxygen atoms in total. The summed E-state index contributed by atoms with van der Waals surface area (Å²) in [7, 11) is 0. The fourth-order valence-corrected chi connectivity index (χ4v) is 1.51. The Morgan fingerprint density at radius 1 is 1.67 bits per heavy atom. The van der Waals surface area contributed by atoms with Gasteiger partial charge in [0.05, 0.1) is 6.10 Å². The van der Waals surface area contributed by atoms with Crippen molar-refractivity contribution in [2.45, 2.75) is 26.4 Å². The van der Waals surface area contributed by atoms with Gasteiger partial charge in [-0.1, -0.05) is 6.92 Å². The van der Waals surface area contributed by atoms with Crippen molar-refractivity contribution in [2.75, 3.05) is 0 Å². The van der Waals surface area contributed by atoms with E-state index in [1.54, 1.807) is 0 Å². The van der Waals surface area contributed by atoms with Gasteiger partial charge >= 0.3 is 0 Å². The summed E-state index contributed by atoms with van der Waals surface area (Å²) in [5.74, 6) is 0. The molecule has 0 amide bonds. The molecule has 0 aliphatic carbocycles. The van der Waals surface area contributed by atoms with Crippen LogP contribution in [0.2, 0.25) is 0 Å². The molecule has 0 saturated heterocycles. The SMILES string of the molecule is CCC(C)OP(N)(N)=S. The molecule has 4 N–H and O–H groups in total. The van der Waals surface area contributed by atoms with Gasteiger partial charge in [0.15, 0.2) is 6.57 Å². The van der Waals surface area contributed by atoms with Crippen molar-refractivity contribution in [3.8, 4) is 0 Å². The lowest BCUT2D eigenvalue weighted by molar-refractivity contribution is 0.241. The molecule has 1 atom stereocenters. The van der Waals surface area contributed by atoms with Gasteiger partial charge < -0.3 is 4.52 Å². The van der Waals surface area contributed by atoms with Crippen LogP contribution in [0.5, 0.6) is 0 Å². The maximum Gasteiger partial charge on any atom is 0.192 e. The number of hydrogen-bond acceptors (Lipinski definition) is 2. The zero-order chi connectivity index (χ0) is 7.49. The molecule has 1 unspecified atom stereocenters. The van der Waals surface area contributed by atoms with Gasteiger partial charge in [0.1, 0.15) is 0 Å². The van der Waals surface area contributed by atoms with Crippen molar-refractivity contribution in [3.05, 3.63) is 0 Å². The topological polar surface area (TPSA) is 61.3 Å². The highest BCUT2D eigenvalue weighted by atomic mass is 32.4. The van der Waals surface area contributed by atoms with Crippen molar-refractivity contribution in [3.63, 3.8) is 0 Å². The second kappa shape index (κ2) is 3.64. The van der Waals surface area contributed by atoms with Crippen LogP contribution in [-0.4, -0.2) is 6.10 Å². The highest BCUT2D eigenvalue weighted by molar-refractivity contribution is 8.10. The molecule has 0 bridgehead atoms. The van der Waals surface area contributed by atoms with Crippen LogP contribution < -0.4 is 11.0 Å². The second-order valence-electron chi connectivity index (χ2n) is 1.97. The first kappa shape index (κ1) is 9.53. The van der Waals surface area contributed by atoms with Crippen molar-refractivity contribution in [1.29, 1.82) is 0 Å². The standard InChI is InChI=1S/C4H13N2OPS/c1-3-4(2)7-8(5,6)9/h4H,3H2,1-2H3,(H4,5,6,9). The molecule has 0 spiro atoms. The molecule has 56 valence electrons. The minimum Gasteiger partial charge on any atom is -0.324 e. The van der Waals surface area contributed by atoms with E-state index < -0.39 is 6.57 Å². The third kappa shape index (κ3) is 6.41. The van der Waals surface area contributed by atoms with E-state index in [2.05, 4.69) is 11.8 Å². The summed E-state index contributed by atoms with van der Waals surface area (Å²) >= 11 is 4.67. The van der Waals surface area contributed by atoms with E-state index >= 15 is 0 Å². The average Bonchev–Trinajstić information content (AvgIpc) is 1.62. The zero-order valence-corrected chi connectivity index (χ0v) is 7.41. The molecule has 0 radical (unpaired) electrons. The van der Waals surface area contributed by atoms with Crippen LogP contribution in [0.1, 0.15) is 20.3 Å². The lowest BCUT2D eigenvalue weighted by Gasteiger charge is -2.15. The van der Waals surface area contributed by atoms with Gasteiger partial charge in [-0.05, 0) is 25.2 Å². The van der Waals surface area contributed by atoms with Crippen LogP contribution in [0.3, 0.4) is 0 Å². The maximum absolute atomic E-state index is 5.29. The van der Waals surface area contributed by atoms with Crippen molar-refractivity contribution >= 4 is 18.4 Å². The van der Waals surface area contributed by atoms with Crippen LogP contribution in [0.15, 0.2) is 0 Å². The molecule has 9 heavy (non-hydrogen) atoms. The van der Waals surface area contributed by atoms with E-state index in [-0.39, 0.29) is 6.10 Å². The molecule has 0 aromatic rings.